The second-order valence-corrected chi connectivity index (χ2v) is 8.95. The molecule has 2 aromatic carbocycles. The number of benzene rings is 2. The van der Waals surface area contributed by atoms with Gasteiger partial charge in [-0.3, -0.25) is 9.52 Å². The molecule has 1 unspecified atom stereocenters. The zero-order valence-corrected chi connectivity index (χ0v) is 16.7. The molecule has 1 N–H and O–H groups in total. The van der Waals surface area contributed by atoms with Gasteiger partial charge in [0.15, 0.2) is 0 Å². The molecular formula is C20H21F3N2O3S. The van der Waals surface area contributed by atoms with Crippen molar-refractivity contribution in [3.8, 4) is 0 Å². The Morgan fingerprint density at radius 1 is 1.14 bits per heavy atom. The van der Waals surface area contributed by atoms with Crippen molar-refractivity contribution in [2.24, 2.45) is 0 Å². The number of halogens is 3. The van der Waals surface area contributed by atoms with Gasteiger partial charge in [-0.05, 0) is 55.7 Å². The molecule has 1 amide bonds. The molecule has 9 heteroatoms. The quantitative estimate of drug-likeness (QED) is 0.743. The van der Waals surface area contributed by atoms with Gasteiger partial charge in [-0.25, -0.2) is 8.42 Å². The zero-order valence-electron chi connectivity index (χ0n) is 15.9. The van der Waals surface area contributed by atoms with Crippen LogP contribution in [0.15, 0.2) is 48.5 Å². The first-order valence-corrected chi connectivity index (χ1v) is 10.9. The van der Waals surface area contributed by atoms with E-state index in [0.717, 1.165) is 31.2 Å². The lowest BCUT2D eigenvalue weighted by Crippen LogP contribution is -2.35. The van der Waals surface area contributed by atoms with Gasteiger partial charge in [0, 0.05) is 17.3 Å². The summed E-state index contributed by atoms with van der Waals surface area (Å²) in [6.07, 6.45) is -1.91. The predicted molar refractivity (Wildman–Crippen MR) is 104 cm³/mol. The number of nitrogens with zero attached hydrogens (tertiary/aromatic N) is 1. The van der Waals surface area contributed by atoms with E-state index in [0.29, 0.717) is 5.56 Å². The molecule has 1 fully saturated rings. The maximum Gasteiger partial charge on any atom is 0.416 e. The lowest BCUT2D eigenvalue weighted by Gasteiger charge is -2.30. The molecule has 0 radical (unpaired) electrons. The van der Waals surface area contributed by atoms with Crippen molar-refractivity contribution in [2.45, 2.75) is 38.0 Å². The second-order valence-electron chi connectivity index (χ2n) is 7.20. The highest BCUT2D eigenvalue weighted by Gasteiger charge is 2.38. The molecule has 1 aliphatic rings. The number of amides is 1. The Hall–Kier alpha value is -2.55. The Morgan fingerprint density at radius 2 is 1.79 bits per heavy atom. The molecule has 0 aliphatic heterocycles. The van der Waals surface area contributed by atoms with Gasteiger partial charge in [0.25, 0.3) is 5.91 Å². The summed E-state index contributed by atoms with van der Waals surface area (Å²) in [5, 5.41) is 0. The number of carbonyl (C=O) groups is 1. The molecule has 0 saturated heterocycles. The molecule has 2 aromatic rings. The van der Waals surface area contributed by atoms with Crippen molar-refractivity contribution in [3.63, 3.8) is 0 Å². The standard InChI is InChI=1S/C20H21F3N2O3S/c1-13(14-5-3-7-16(11-14)20(21,22)23)25(18-9-10-18)19(26)15-6-4-8-17(12-15)24-29(2,27)28/h3-8,11-13,18,24H,9-10H2,1-2H3. The lowest BCUT2D eigenvalue weighted by atomic mass is 10.0. The molecule has 1 atom stereocenters. The van der Waals surface area contributed by atoms with Crippen molar-refractivity contribution < 1.29 is 26.4 Å². The normalized spacial score (nSPS) is 15.6. The van der Waals surface area contributed by atoms with Gasteiger partial charge in [-0.15, -0.1) is 0 Å². The lowest BCUT2D eigenvalue weighted by molar-refractivity contribution is -0.137. The third kappa shape index (κ3) is 5.29. The van der Waals surface area contributed by atoms with Crippen LogP contribution in [0.2, 0.25) is 0 Å². The van der Waals surface area contributed by atoms with Crippen molar-refractivity contribution in [3.05, 3.63) is 65.2 Å². The number of rotatable bonds is 6. The van der Waals surface area contributed by atoms with Crippen LogP contribution in [0.1, 0.15) is 47.3 Å². The number of anilines is 1. The van der Waals surface area contributed by atoms with Crippen LogP contribution in [0.3, 0.4) is 0 Å². The van der Waals surface area contributed by atoms with Crippen LogP contribution in [0.5, 0.6) is 0 Å². The van der Waals surface area contributed by atoms with Crippen LogP contribution in [0, 0.1) is 0 Å². The van der Waals surface area contributed by atoms with Crippen molar-refractivity contribution >= 4 is 21.6 Å². The first-order valence-electron chi connectivity index (χ1n) is 9.03. The average Bonchev–Trinajstić information content (AvgIpc) is 3.45. The molecule has 156 valence electrons. The highest BCUT2D eigenvalue weighted by molar-refractivity contribution is 7.92. The highest BCUT2D eigenvalue weighted by Crippen LogP contribution is 2.37. The summed E-state index contributed by atoms with van der Waals surface area (Å²) in [5.74, 6) is -0.352. The first kappa shape index (κ1) is 21.2. The van der Waals surface area contributed by atoms with E-state index in [-0.39, 0.29) is 23.2 Å². The van der Waals surface area contributed by atoms with E-state index >= 15 is 0 Å². The van der Waals surface area contributed by atoms with Gasteiger partial charge in [-0.1, -0.05) is 18.2 Å². The maximum atomic E-state index is 13.2. The number of alkyl halides is 3. The minimum atomic E-state index is -4.46. The van der Waals surface area contributed by atoms with E-state index in [1.807, 2.05) is 0 Å². The molecule has 1 aliphatic carbocycles. The Kier molecular flexibility index (Phi) is 5.62. The van der Waals surface area contributed by atoms with Gasteiger partial charge in [-0.2, -0.15) is 13.2 Å². The molecule has 0 aromatic heterocycles. The molecule has 3 rings (SSSR count). The van der Waals surface area contributed by atoms with Crippen LogP contribution < -0.4 is 4.72 Å². The fourth-order valence-electron chi connectivity index (χ4n) is 3.22. The molecule has 0 heterocycles. The number of carbonyl (C=O) groups excluding carboxylic acids is 1. The molecule has 0 spiro atoms. The van der Waals surface area contributed by atoms with Gasteiger partial charge < -0.3 is 4.90 Å². The number of nitrogens with one attached hydrogen (secondary N) is 1. The van der Waals surface area contributed by atoms with E-state index in [4.69, 9.17) is 0 Å². The smallest absolute Gasteiger partial charge is 0.329 e. The predicted octanol–water partition coefficient (Wildman–Crippen LogP) is 4.44. The summed E-state index contributed by atoms with van der Waals surface area (Å²) in [4.78, 5) is 14.7. The average molecular weight is 426 g/mol. The van der Waals surface area contributed by atoms with Gasteiger partial charge in [0.05, 0.1) is 17.9 Å². The third-order valence-corrected chi connectivity index (χ3v) is 5.31. The third-order valence-electron chi connectivity index (χ3n) is 4.70. The van der Waals surface area contributed by atoms with Crippen molar-refractivity contribution in [1.29, 1.82) is 0 Å². The van der Waals surface area contributed by atoms with Crippen LogP contribution in [0.4, 0.5) is 18.9 Å². The second kappa shape index (κ2) is 7.70. The van der Waals surface area contributed by atoms with Gasteiger partial charge >= 0.3 is 6.18 Å². The van der Waals surface area contributed by atoms with E-state index in [1.165, 1.54) is 18.2 Å². The molecule has 29 heavy (non-hydrogen) atoms. The van der Waals surface area contributed by atoms with Crippen molar-refractivity contribution in [1.82, 2.24) is 4.90 Å². The number of hydrogen-bond donors (Lipinski definition) is 1. The van der Waals surface area contributed by atoms with E-state index < -0.39 is 27.8 Å². The number of hydrogen-bond acceptors (Lipinski definition) is 3. The topological polar surface area (TPSA) is 66.5 Å². The Balaban J connectivity index is 1.91. The Bertz CT molecular complexity index is 1020. The molecular weight excluding hydrogens is 405 g/mol. The summed E-state index contributed by atoms with van der Waals surface area (Å²) in [7, 11) is -3.50. The highest BCUT2D eigenvalue weighted by atomic mass is 32.2. The Morgan fingerprint density at radius 3 is 2.38 bits per heavy atom. The van der Waals surface area contributed by atoms with Crippen LogP contribution in [0.25, 0.3) is 0 Å². The summed E-state index contributed by atoms with van der Waals surface area (Å²) >= 11 is 0. The fraction of sp³-hybridized carbons (Fsp3) is 0.350. The zero-order chi connectivity index (χ0) is 21.4. The number of sulfonamides is 1. The van der Waals surface area contributed by atoms with Gasteiger partial charge in [0.2, 0.25) is 10.0 Å². The largest absolute Gasteiger partial charge is 0.416 e. The van der Waals surface area contributed by atoms with E-state index in [1.54, 1.807) is 30.0 Å². The summed E-state index contributed by atoms with van der Waals surface area (Å²) < 4.78 is 64.4. The summed E-state index contributed by atoms with van der Waals surface area (Å²) in [6, 6.07) is 10.4. The van der Waals surface area contributed by atoms with Crippen LogP contribution >= 0.6 is 0 Å². The van der Waals surface area contributed by atoms with Crippen LogP contribution in [-0.4, -0.2) is 31.5 Å². The van der Waals surface area contributed by atoms with Crippen LogP contribution in [-0.2, 0) is 16.2 Å². The first-order chi connectivity index (χ1) is 13.5. The van der Waals surface area contributed by atoms with Crippen molar-refractivity contribution in [2.75, 3.05) is 11.0 Å². The van der Waals surface area contributed by atoms with E-state index in [2.05, 4.69) is 4.72 Å². The minimum Gasteiger partial charge on any atom is -0.329 e. The van der Waals surface area contributed by atoms with E-state index in [9.17, 15) is 26.4 Å². The molecule has 5 nitrogen and oxygen atoms in total. The SMILES string of the molecule is CC(c1cccc(C(F)(F)F)c1)N(C(=O)c1cccc(NS(C)(=O)=O)c1)C1CC1. The minimum absolute atomic E-state index is 0.0569. The Labute approximate surface area is 167 Å². The summed E-state index contributed by atoms with van der Waals surface area (Å²) in [5.41, 5.74) is 0.153. The maximum absolute atomic E-state index is 13.2. The fourth-order valence-corrected chi connectivity index (χ4v) is 3.78. The molecule has 1 saturated carbocycles. The molecule has 0 bridgehead atoms. The van der Waals surface area contributed by atoms with Gasteiger partial charge in [0.1, 0.15) is 0 Å². The monoisotopic (exact) mass is 426 g/mol. The summed E-state index contributed by atoms with van der Waals surface area (Å²) in [6.45, 7) is 1.70.